The van der Waals surface area contributed by atoms with E-state index in [1.54, 1.807) is 26.0 Å². The topological polar surface area (TPSA) is 125 Å². The Morgan fingerprint density at radius 2 is 1.92 bits per heavy atom. The van der Waals surface area contributed by atoms with Gasteiger partial charge in [0.2, 0.25) is 5.95 Å². The maximum absolute atomic E-state index is 15.2. The van der Waals surface area contributed by atoms with Gasteiger partial charge in [0.1, 0.15) is 22.2 Å². The molecule has 1 saturated heterocycles. The Morgan fingerprint density at radius 3 is 2.58 bits per heavy atom. The molecule has 0 radical (unpaired) electrons. The van der Waals surface area contributed by atoms with E-state index in [1.165, 1.54) is 6.20 Å². The van der Waals surface area contributed by atoms with Crippen LogP contribution in [0.15, 0.2) is 28.9 Å². The average molecular weight is 539 g/mol. The van der Waals surface area contributed by atoms with Crippen molar-refractivity contribution in [3.05, 3.63) is 69.1 Å². The third-order valence-corrected chi connectivity index (χ3v) is 7.04. The highest BCUT2D eigenvalue weighted by molar-refractivity contribution is 6.32. The van der Waals surface area contributed by atoms with Crippen LogP contribution in [0.3, 0.4) is 0 Å². The fourth-order valence-corrected chi connectivity index (χ4v) is 4.95. The van der Waals surface area contributed by atoms with Gasteiger partial charge in [0.05, 0.1) is 17.6 Å². The normalized spacial score (nSPS) is 14.1. The number of piperidine rings is 1. The summed E-state index contributed by atoms with van der Waals surface area (Å²) in [4.78, 5) is 23.3. The van der Waals surface area contributed by atoms with Crippen LogP contribution in [-0.4, -0.2) is 49.2 Å². The van der Waals surface area contributed by atoms with Gasteiger partial charge >= 0.3 is 0 Å². The monoisotopic (exact) mass is 538 g/mol. The number of hydrogen-bond acceptors (Lipinski definition) is 8. The Bertz CT molecular complexity index is 1470. The predicted octanol–water partition coefficient (Wildman–Crippen LogP) is 5.72. The molecule has 0 unspecified atom stereocenters. The predicted molar refractivity (Wildman–Crippen MR) is 142 cm³/mol. The highest BCUT2D eigenvalue weighted by Gasteiger charge is 2.29. The second kappa shape index (κ2) is 10.4. The molecule has 5 rings (SSSR count). The molecule has 3 aromatic heterocycles. The van der Waals surface area contributed by atoms with E-state index in [-0.39, 0.29) is 23.5 Å². The van der Waals surface area contributed by atoms with E-state index in [2.05, 4.69) is 36.0 Å². The molecule has 1 fully saturated rings. The lowest BCUT2D eigenvalue weighted by atomic mass is 9.86. The van der Waals surface area contributed by atoms with E-state index in [0.717, 1.165) is 29.7 Å². The number of hydrogen-bond donors (Lipinski definition) is 3. The quantitative estimate of drug-likeness (QED) is 0.284. The number of likely N-dealkylation sites (tertiary alicyclic amines) is 1. The Kier molecular flexibility index (Phi) is 7.02. The van der Waals surface area contributed by atoms with Crippen LogP contribution in [0, 0.1) is 33.5 Å². The first kappa shape index (κ1) is 25.7. The molecule has 0 saturated carbocycles. The fraction of sp³-hybridized carbons (Fsp3) is 0.346. The van der Waals surface area contributed by atoms with Crippen molar-refractivity contribution in [1.82, 2.24) is 30.2 Å². The number of benzene rings is 1. The van der Waals surface area contributed by atoms with Gasteiger partial charge in [0.25, 0.3) is 5.91 Å². The number of nitrogens with one attached hydrogen (secondary N) is 3. The highest BCUT2D eigenvalue weighted by Crippen LogP contribution is 2.34. The summed E-state index contributed by atoms with van der Waals surface area (Å²) >= 11 is 6.23. The molecule has 0 aliphatic carbocycles. The molecule has 1 aliphatic heterocycles. The van der Waals surface area contributed by atoms with Crippen molar-refractivity contribution in [2.75, 3.05) is 23.7 Å². The lowest BCUT2D eigenvalue weighted by Crippen LogP contribution is -2.38. The van der Waals surface area contributed by atoms with E-state index in [1.807, 2.05) is 24.8 Å². The van der Waals surface area contributed by atoms with Gasteiger partial charge in [-0.1, -0.05) is 16.8 Å². The SMILES string of the molecule is Cc1cc(Nc2nc(Nc3cc(C)c(C4CCN(C(=O)c5c(C)noc5C)CC4)cc3F)ncc2Cl)n[nH]1. The van der Waals surface area contributed by atoms with Crippen LogP contribution >= 0.6 is 11.6 Å². The zero-order valence-corrected chi connectivity index (χ0v) is 22.3. The lowest BCUT2D eigenvalue weighted by Gasteiger charge is -2.33. The summed E-state index contributed by atoms with van der Waals surface area (Å²) in [5.74, 6) is 1.30. The first-order valence-corrected chi connectivity index (χ1v) is 12.7. The number of amides is 1. The minimum atomic E-state index is -0.407. The molecule has 10 nitrogen and oxygen atoms in total. The van der Waals surface area contributed by atoms with E-state index < -0.39 is 5.82 Å². The van der Waals surface area contributed by atoms with Gasteiger partial charge in [-0.2, -0.15) is 10.1 Å². The number of aromatic amines is 1. The van der Waals surface area contributed by atoms with Crippen LogP contribution < -0.4 is 10.6 Å². The zero-order valence-electron chi connectivity index (χ0n) is 21.5. The summed E-state index contributed by atoms with van der Waals surface area (Å²) in [5.41, 5.74) is 4.16. The molecule has 4 heterocycles. The maximum atomic E-state index is 15.2. The zero-order chi connectivity index (χ0) is 27.0. The Hall–Kier alpha value is -3.99. The summed E-state index contributed by atoms with van der Waals surface area (Å²) in [6, 6.07) is 5.13. The van der Waals surface area contributed by atoms with Crippen molar-refractivity contribution >= 4 is 40.8 Å². The first-order chi connectivity index (χ1) is 18.2. The second-order valence-corrected chi connectivity index (χ2v) is 9.94. The molecule has 3 N–H and O–H groups in total. The van der Waals surface area contributed by atoms with E-state index in [4.69, 9.17) is 16.1 Å². The molecular weight excluding hydrogens is 511 g/mol. The number of aryl methyl sites for hydroxylation is 4. The van der Waals surface area contributed by atoms with E-state index >= 15 is 4.39 Å². The molecule has 0 spiro atoms. The Balaban J connectivity index is 1.27. The van der Waals surface area contributed by atoms with Crippen LogP contribution in [0.25, 0.3) is 0 Å². The van der Waals surface area contributed by atoms with Gasteiger partial charge in [-0.15, -0.1) is 0 Å². The van der Waals surface area contributed by atoms with Gasteiger partial charge in [-0.3, -0.25) is 9.89 Å². The minimum Gasteiger partial charge on any atom is -0.361 e. The Morgan fingerprint density at radius 1 is 1.16 bits per heavy atom. The molecule has 198 valence electrons. The van der Waals surface area contributed by atoms with E-state index in [0.29, 0.717) is 46.8 Å². The van der Waals surface area contributed by atoms with Crippen LogP contribution in [0.1, 0.15) is 57.4 Å². The molecule has 0 bridgehead atoms. The largest absolute Gasteiger partial charge is 0.361 e. The summed E-state index contributed by atoms with van der Waals surface area (Å²) < 4.78 is 20.4. The summed E-state index contributed by atoms with van der Waals surface area (Å²) in [6.45, 7) is 8.51. The third kappa shape index (κ3) is 5.19. The number of carbonyl (C=O) groups excluding carboxylic acids is 1. The van der Waals surface area contributed by atoms with Gasteiger partial charge in [0.15, 0.2) is 11.6 Å². The summed E-state index contributed by atoms with van der Waals surface area (Å²) in [7, 11) is 0. The number of aromatic nitrogens is 5. The van der Waals surface area contributed by atoms with Crippen molar-refractivity contribution in [3.8, 4) is 0 Å². The maximum Gasteiger partial charge on any atom is 0.259 e. The number of H-pyrrole nitrogens is 1. The van der Waals surface area contributed by atoms with Crippen LogP contribution in [0.4, 0.5) is 27.7 Å². The molecule has 12 heteroatoms. The van der Waals surface area contributed by atoms with Crippen LogP contribution in [-0.2, 0) is 0 Å². The summed E-state index contributed by atoms with van der Waals surface area (Å²) in [5, 5.41) is 17.1. The highest BCUT2D eigenvalue weighted by atomic mass is 35.5. The van der Waals surface area contributed by atoms with Crippen molar-refractivity contribution in [2.24, 2.45) is 0 Å². The van der Waals surface area contributed by atoms with Crippen LogP contribution in [0.5, 0.6) is 0 Å². The lowest BCUT2D eigenvalue weighted by molar-refractivity contribution is 0.0710. The molecule has 4 aromatic rings. The van der Waals surface area contributed by atoms with Crippen molar-refractivity contribution < 1.29 is 13.7 Å². The fourth-order valence-electron chi connectivity index (χ4n) is 4.81. The summed E-state index contributed by atoms with van der Waals surface area (Å²) in [6.07, 6.45) is 2.92. The molecule has 0 atom stereocenters. The van der Waals surface area contributed by atoms with Gasteiger partial charge in [-0.05, 0) is 69.7 Å². The average Bonchev–Trinajstić information content (AvgIpc) is 3.46. The number of anilines is 4. The van der Waals surface area contributed by atoms with Crippen LogP contribution in [0.2, 0.25) is 5.02 Å². The molecular formula is C26H28ClFN8O2. The first-order valence-electron chi connectivity index (χ1n) is 12.3. The van der Waals surface area contributed by atoms with Crippen molar-refractivity contribution in [3.63, 3.8) is 0 Å². The van der Waals surface area contributed by atoms with Gasteiger partial charge in [-0.25, -0.2) is 9.37 Å². The number of rotatable bonds is 6. The van der Waals surface area contributed by atoms with Gasteiger partial charge in [0, 0.05) is 24.8 Å². The van der Waals surface area contributed by atoms with E-state index in [9.17, 15) is 4.79 Å². The number of halogens is 2. The van der Waals surface area contributed by atoms with Crippen molar-refractivity contribution in [2.45, 2.75) is 46.5 Å². The molecule has 38 heavy (non-hydrogen) atoms. The minimum absolute atomic E-state index is 0.0682. The third-order valence-electron chi connectivity index (χ3n) is 6.77. The standard InChI is InChI=1S/C26H28ClFN8O2/c1-13-9-21(30-26-29-12-19(27)24(32-26)31-22-10-14(2)33-34-22)20(28)11-18(13)17-5-7-36(8-6-17)25(37)23-15(3)35-38-16(23)4/h9-12,17H,5-8H2,1-4H3,(H3,29,30,31,32,33,34). The van der Waals surface area contributed by atoms with Crippen molar-refractivity contribution in [1.29, 1.82) is 0 Å². The molecule has 1 amide bonds. The molecule has 1 aliphatic rings. The van der Waals surface area contributed by atoms with Gasteiger partial charge < -0.3 is 20.1 Å². The second-order valence-electron chi connectivity index (χ2n) is 9.53. The number of nitrogens with zero attached hydrogens (tertiary/aromatic N) is 5. The molecule has 1 aromatic carbocycles. The number of carbonyl (C=O) groups is 1. The Labute approximate surface area is 224 Å². The smallest absolute Gasteiger partial charge is 0.259 e.